The summed E-state index contributed by atoms with van der Waals surface area (Å²) in [6.45, 7) is 11.0. The van der Waals surface area contributed by atoms with E-state index in [4.69, 9.17) is 0 Å². The zero-order valence-corrected chi connectivity index (χ0v) is 11.2. The lowest BCUT2D eigenvalue weighted by molar-refractivity contribution is -0.114. The van der Waals surface area contributed by atoms with Gasteiger partial charge in [-0.15, -0.1) is 0 Å². The summed E-state index contributed by atoms with van der Waals surface area (Å²) in [5.41, 5.74) is 1.66. The van der Waals surface area contributed by atoms with E-state index in [1.54, 1.807) is 6.08 Å². The molecular formula is C15H24O. The molecule has 2 atom stereocenters. The Morgan fingerprint density at radius 3 is 2.75 bits per heavy atom. The molecular weight excluding hydrogens is 196 g/mol. The average molecular weight is 220 g/mol. The van der Waals surface area contributed by atoms with E-state index < -0.39 is 0 Å². The van der Waals surface area contributed by atoms with E-state index in [-0.39, 0.29) is 11.2 Å². The van der Waals surface area contributed by atoms with E-state index in [9.17, 15) is 4.79 Å². The second-order valence-corrected chi connectivity index (χ2v) is 5.56. The van der Waals surface area contributed by atoms with Gasteiger partial charge >= 0.3 is 0 Å². The summed E-state index contributed by atoms with van der Waals surface area (Å²) in [5, 5.41) is 0. The third kappa shape index (κ3) is 2.63. The van der Waals surface area contributed by atoms with E-state index >= 15 is 0 Å². The Bertz CT molecular complexity index is 320. The highest BCUT2D eigenvalue weighted by atomic mass is 16.1. The van der Waals surface area contributed by atoms with Crippen LogP contribution < -0.4 is 0 Å². The molecule has 1 aliphatic rings. The van der Waals surface area contributed by atoms with E-state index in [0.29, 0.717) is 18.3 Å². The van der Waals surface area contributed by atoms with Crippen molar-refractivity contribution in [3.8, 4) is 0 Å². The summed E-state index contributed by atoms with van der Waals surface area (Å²) in [6.07, 6.45) is 7.95. The fourth-order valence-corrected chi connectivity index (χ4v) is 2.41. The van der Waals surface area contributed by atoms with Gasteiger partial charge in [-0.25, -0.2) is 0 Å². The number of hydrogen-bond acceptors (Lipinski definition) is 1. The van der Waals surface area contributed by atoms with E-state index in [0.717, 1.165) is 6.42 Å². The topological polar surface area (TPSA) is 17.1 Å². The van der Waals surface area contributed by atoms with Gasteiger partial charge in [0.1, 0.15) is 0 Å². The highest BCUT2D eigenvalue weighted by Gasteiger charge is 2.36. The van der Waals surface area contributed by atoms with Crippen molar-refractivity contribution in [2.45, 2.75) is 47.5 Å². The van der Waals surface area contributed by atoms with Crippen molar-refractivity contribution >= 4 is 5.78 Å². The summed E-state index contributed by atoms with van der Waals surface area (Å²) in [7, 11) is 0. The Kier molecular flexibility index (Phi) is 4.12. The van der Waals surface area contributed by atoms with Crippen LogP contribution in [0.4, 0.5) is 0 Å². The summed E-state index contributed by atoms with van der Waals surface area (Å²) < 4.78 is 0. The van der Waals surface area contributed by atoms with Crippen LogP contribution in [-0.2, 0) is 4.79 Å². The molecule has 0 saturated carbocycles. The van der Waals surface area contributed by atoms with Crippen molar-refractivity contribution in [3.05, 3.63) is 23.8 Å². The lowest BCUT2D eigenvalue weighted by atomic mass is 9.63. The first-order valence-corrected chi connectivity index (χ1v) is 6.27. The van der Waals surface area contributed by atoms with Crippen molar-refractivity contribution in [2.75, 3.05) is 0 Å². The number of hydrogen-bond donors (Lipinski definition) is 0. The minimum Gasteiger partial charge on any atom is -0.295 e. The molecule has 1 nitrogen and oxygen atoms in total. The zero-order chi connectivity index (χ0) is 12.3. The number of carbonyl (C=O) groups excluding carboxylic acids is 1. The summed E-state index contributed by atoms with van der Waals surface area (Å²) in [5.74, 6) is 1.30. The molecule has 0 bridgehead atoms. The van der Waals surface area contributed by atoms with Crippen molar-refractivity contribution < 1.29 is 4.79 Å². The van der Waals surface area contributed by atoms with Crippen LogP contribution in [0.25, 0.3) is 0 Å². The summed E-state index contributed by atoms with van der Waals surface area (Å²) >= 11 is 0. The SMILES string of the molecule is CCC(=O)/C=C/[C@@H]1C(C)=CC[C@H](C)C1(C)C. The predicted octanol–water partition coefficient (Wildman–Crippen LogP) is 4.15. The fraction of sp³-hybridized carbons (Fsp3) is 0.667. The monoisotopic (exact) mass is 220 g/mol. The molecule has 1 heteroatoms. The van der Waals surface area contributed by atoms with Crippen LogP contribution in [0, 0.1) is 17.3 Å². The molecule has 0 unspecified atom stereocenters. The van der Waals surface area contributed by atoms with Crippen molar-refractivity contribution in [2.24, 2.45) is 17.3 Å². The number of ketones is 1. The maximum Gasteiger partial charge on any atom is 0.155 e. The summed E-state index contributed by atoms with van der Waals surface area (Å²) in [6, 6.07) is 0. The maximum atomic E-state index is 11.3. The lowest BCUT2D eigenvalue weighted by Crippen LogP contribution is -2.33. The Labute approximate surface area is 99.6 Å². The van der Waals surface area contributed by atoms with Crippen LogP contribution in [0.1, 0.15) is 47.5 Å². The Balaban J connectivity index is 2.91. The third-order valence-corrected chi connectivity index (χ3v) is 4.18. The molecule has 0 radical (unpaired) electrons. The normalized spacial score (nSPS) is 29.2. The molecule has 1 rings (SSSR count). The standard InChI is InChI=1S/C15H24O/c1-6-13(16)9-10-14-11(2)7-8-12(3)15(14,4)5/h7,9-10,12,14H,6,8H2,1-5H3/b10-9+/t12-,14+/m0/s1. The lowest BCUT2D eigenvalue weighted by Gasteiger charge is -2.42. The van der Waals surface area contributed by atoms with Gasteiger partial charge in [0.2, 0.25) is 0 Å². The number of rotatable bonds is 3. The Morgan fingerprint density at radius 1 is 1.56 bits per heavy atom. The molecule has 0 N–H and O–H groups in total. The fourth-order valence-electron chi connectivity index (χ4n) is 2.41. The highest BCUT2D eigenvalue weighted by Crippen LogP contribution is 2.45. The smallest absolute Gasteiger partial charge is 0.155 e. The molecule has 0 spiro atoms. The Morgan fingerprint density at radius 2 is 2.19 bits per heavy atom. The molecule has 1 aliphatic carbocycles. The van der Waals surface area contributed by atoms with Crippen LogP contribution >= 0.6 is 0 Å². The second-order valence-electron chi connectivity index (χ2n) is 5.56. The van der Waals surface area contributed by atoms with Gasteiger partial charge in [-0.1, -0.05) is 45.4 Å². The first-order valence-electron chi connectivity index (χ1n) is 6.27. The molecule has 0 fully saturated rings. The first-order chi connectivity index (χ1) is 7.39. The minimum absolute atomic E-state index is 0.224. The molecule has 0 aromatic carbocycles. The van der Waals surface area contributed by atoms with Crippen LogP contribution in [0.3, 0.4) is 0 Å². The Hall–Kier alpha value is -0.850. The molecule has 0 aromatic rings. The second kappa shape index (κ2) is 4.99. The third-order valence-electron chi connectivity index (χ3n) is 4.18. The van der Waals surface area contributed by atoms with Gasteiger partial charge in [-0.3, -0.25) is 4.79 Å². The van der Waals surface area contributed by atoms with Crippen LogP contribution in [0.15, 0.2) is 23.8 Å². The summed E-state index contributed by atoms with van der Waals surface area (Å²) in [4.78, 5) is 11.3. The molecule has 0 aromatic heterocycles. The highest BCUT2D eigenvalue weighted by molar-refractivity contribution is 5.89. The molecule has 0 saturated heterocycles. The number of allylic oxidation sites excluding steroid dienone is 4. The van der Waals surface area contributed by atoms with Crippen LogP contribution in [0.5, 0.6) is 0 Å². The zero-order valence-electron chi connectivity index (χ0n) is 11.2. The van der Waals surface area contributed by atoms with E-state index in [1.807, 2.05) is 6.92 Å². The predicted molar refractivity (Wildman–Crippen MR) is 69.2 cm³/mol. The van der Waals surface area contributed by atoms with Crippen molar-refractivity contribution in [1.82, 2.24) is 0 Å². The first kappa shape index (κ1) is 13.2. The van der Waals surface area contributed by atoms with Crippen LogP contribution in [-0.4, -0.2) is 5.78 Å². The van der Waals surface area contributed by atoms with Gasteiger partial charge in [0.15, 0.2) is 5.78 Å². The van der Waals surface area contributed by atoms with Gasteiger partial charge in [-0.05, 0) is 30.8 Å². The van der Waals surface area contributed by atoms with E-state index in [2.05, 4.69) is 39.8 Å². The van der Waals surface area contributed by atoms with Gasteiger partial charge in [0, 0.05) is 12.3 Å². The molecule has 0 heterocycles. The van der Waals surface area contributed by atoms with Crippen LogP contribution in [0.2, 0.25) is 0 Å². The largest absolute Gasteiger partial charge is 0.295 e. The molecule has 0 aliphatic heterocycles. The maximum absolute atomic E-state index is 11.3. The molecule has 0 amide bonds. The van der Waals surface area contributed by atoms with E-state index in [1.165, 1.54) is 5.57 Å². The van der Waals surface area contributed by atoms with Gasteiger partial charge in [0.25, 0.3) is 0 Å². The quantitative estimate of drug-likeness (QED) is 0.516. The van der Waals surface area contributed by atoms with Gasteiger partial charge in [-0.2, -0.15) is 0 Å². The average Bonchev–Trinajstić information content (AvgIpc) is 2.23. The van der Waals surface area contributed by atoms with Gasteiger partial charge < -0.3 is 0 Å². The minimum atomic E-state index is 0.224. The molecule has 16 heavy (non-hydrogen) atoms. The number of carbonyl (C=O) groups is 1. The van der Waals surface area contributed by atoms with Gasteiger partial charge in [0.05, 0.1) is 0 Å². The molecule has 90 valence electrons. The van der Waals surface area contributed by atoms with Crippen molar-refractivity contribution in [1.29, 1.82) is 0 Å². The van der Waals surface area contributed by atoms with Crippen molar-refractivity contribution in [3.63, 3.8) is 0 Å².